The van der Waals surface area contributed by atoms with Crippen LogP contribution in [0.4, 0.5) is 25.8 Å². The van der Waals surface area contributed by atoms with E-state index in [0.29, 0.717) is 22.5 Å². The van der Waals surface area contributed by atoms with Gasteiger partial charge in [0.2, 0.25) is 5.91 Å². The summed E-state index contributed by atoms with van der Waals surface area (Å²) in [4.78, 5) is 24.8. The minimum Gasteiger partial charge on any atom is -0.353 e. The third-order valence-corrected chi connectivity index (χ3v) is 5.74. The SMILES string of the molecule is CC(=O)Nc1cccc(-c2ccc(C)c(C(=O)c3ccc(Nc4ccc(F)cc4F)cc3Cl)c2)c1. The van der Waals surface area contributed by atoms with Gasteiger partial charge in [-0.25, -0.2) is 8.78 Å². The van der Waals surface area contributed by atoms with E-state index in [2.05, 4.69) is 10.6 Å². The number of aryl methyl sites for hydroxylation is 1. The van der Waals surface area contributed by atoms with Crippen LogP contribution in [0, 0.1) is 18.6 Å². The monoisotopic (exact) mass is 490 g/mol. The molecule has 4 nitrogen and oxygen atoms in total. The molecule has 35 heavy (non-hydrogen) atoms. The van der Waals surface area contributed by atoms with Crippen molar-refractivity contribution in [1.82, 2.24) is 0 Å². The molecule has 4 aromatic rings. The van der Waals surface area contributed by atoms with Crippen LogP contribution >= 0.6 is 11.6 Å². The molecule has 0 aliphatic rings. The summed E-state index contributed by atoms with van der Waals surface area (Å²) >= 11 is 6.43. The average molecular weight is 491 g/mol. The highest BCUT2D eigenvalue weighted by molar-refractivity contribution is 6.35. The van der Waals surface area contributed by atoms with Gasteiger partial charge in [0.15, 0.2) is 5.78 Å². The first kappa shape index (κ1) is 24.1. The van der Waals surface area contributed by atoms with E-state index in [1.165, 1.54) is 19.1 Å². The van der Waals surface area contributed by atoms with Crippen molar-refractivity contribution in [2.45, 2.75) is 13.8 Å². The number of amides is 1. The zero-order valence-electron chi connectivity index (χ0n) is 19.0. The van der Waals surface area contributed by atoms with Gasteiger partial charge >= 0.3 is 0 Å². The summed E-state index contributed by atoms with van der Waals surface area (Å²) in [7, 11) is 0. The predicted octanol–water partition coefficient (Wildman–Crippen LogP) is 7.53. The molecular formula is C28H21ClF2N2O2. The van der Waals surface area contributed by atoms with Gasteiger partial charge in [-0.15, -0.1) is 0 Å². The molecule has 0 saturated heterocycles. The fraction of sp³-hybridized carbons (Fsp3) is 0.0714. The summed E-state index contributed by atoms with van der Waals surface area (Å²) in [5.74, 6) is -1.84. The largest absolute Gasteiger partial charge is 0.353 e. The maximum Gasteiger partial charge on any atom is 0.221 e. The molecule has 0 saturated carbocycles. The number of hydrogen-bond acceptors (Lipinski definition) is 3. The molecule has 176 valence electrons. The van der Waals surface area contributed by atoms with Gasteiger partial charge in [-0.2, -0.15) is 0 Å². The van der Waals surface area contributed by atoms with Gasteiger partial charge in [-0.3, -0.25) is 9.59 Å². The third-order valence-electron chi connectivity index (χ3n) is 5.42. The highest BCUT2D eigenvalue weighted by Gasteiger charge is 2.17. The molecule has 7 heteroatoms. The molecule has 0 bridgehead atoms. The Balaban J connectivity index is 1.62. The molecule has 0 spiro atoms. The van der Waals surface area contributed by atoms with Crippen LogP contribution in [0.5, 0.6) is 0 Å². The van der Waals surface area contributed by atoms with Gasteiger partial charge in [0, 0.05) is 35.5 Å². The molecule has 0 radical (unpaired) electrons. The van der Waals surface area contributed by atoms with Crippen LogP contribution in [0.3, 0.4) is 0 Å². The molecule has 2 N–H and O–H groups in total. The normalized spacial score (nSPS) is 10.7. The standard InChI is InChI=1S/C28H21ClF2N2O2/c1-16-6-7-19(18-4-3-5-21(12-18)32-17(2)34)13-24(16)28(35)23-10-9-22(15-25(23)29)33-27-11-8-20(30)14-26(27)31/h3-15,33H,1-2H3,(H,32,34). The van der Waals surface area contributed by atoms with Crippen LogP contribution in [0.1, 0.15) is 28.4 Å². The summed E-state index contributed by atoms with van der Waals surface area (Å²) in [6, 6.07) is 20.8. The van der Waals surface area contributed by atoms with Crippen molar-refractivity contribution in [3.8, 4) is 11.1 Å². The van der Waals surface area contributed by atoms with Crippen molar-refractivity contribution in [2.75, 3.05) is 10.6 Å². The number of halogens is 3. The Kier molecular flexibility index (Phi) is 6.94. The number of carbonyl (C=O) groups excluding carboxylic acids is 2. The van der Waals surface area contributed by atoms with Crippen LogP contribution in [-0.4, -0.2) is 11.7 Å². The van der Waals surface area contributed by atoms with E-state index in [9.17, 15) is 18.4 Å². The molecule has 1 amide bonds. The minimum absolute atomic E-state index is 0.0894. The highest BCUT2D eigenvalue weighted by atomic mass is 35.5. The second-order valence-corrected chi connectivity index (χ2v) is 8.47. The van der Waals surface area contributed by atoms with Crippen molar-refractivity contribution in [2.24, 2.45) is 0 Å². The van der Waals surface area contributed by atoms with Gasteiger partial charge in [0.1, 0.15) is 11.6 Å². The topological polar surface area (TPSA) is 58.2 Å². The first-order chi connectivity index (χ1) is 16.7. The molecule has 4 rings (SSSR count). The van der Waals surface area contributed by atoms with Gasteiger partial charge in [0.05, 0.1) is 10.7 Å². The molecule has 4 aromatic carbocycles. The second-order valence-electron chi connectivity index (χ2n) is 8.06. The lowest BCUT2D eigenvalue weighted by atomic mass is 9.94. The Morgan fingerprint density at radius 1 is 0.800 bits per heavy atom. The lowest BCUT2D eigenvalue weighted by molar-refractivity contribution is -0.114. The molecule has 0 fully saturated rings. The van der Waals surface area contributed by atoms with Gasteiger partial charge in [-0.05, 0) is 72.1 Å². The van der Waals surface area contributed by atoms with E-state index < -0.39 is 11.6 Å². The molecule has 0 aliphatic carbocycles. The third kappa shape index (κ3) is 5.55. The summed E-state index contributed by atoms with van der Waals surface area (Å²) < 4.78 is 27.1. The number of carbonyl (C=O) groups is 2. The van der Waals surface area contributed by atoms with Crippen molar-refractivity contribution in [1.29, 1.82) is 0 Å². The van der Waals surface area contributed by atoms with Crippen LogP contribution in [-0.2, 0) is 4.79 Å². The van der Waals surface area contributed by atoms with E-state index in [-0.39, 0.29) is 22.4 Å². The Morgan fingerprint density at radius 2 is 1.57 bits per heavy atom. The van der Waals surface area contributed by atoms with Crippen molar-refractivity contribution in [3.05, 3.63) is 112 Å². The lowest BCUT2D eigenvalue weighted by Gasteiger charge is -2.13. The Bertz CT molecular complexity index is 1450. The zero-order chi connectivity index (χ0) is 25.1. The summed E-state index contributed by atoms with van der Waals surface area (Å²) in [6.45, 7) is 3.28. The van der Waals surface area contributed by atoms with E-state index in [4.69, 9.17) is 11.6 Å². The quantitative estimate of drug-likeness (QED) is 0.275. The number of benzene rings is 4. The zero-order valence-corrected chi connectivity index (χ0v) is 19.7. The van der Waals surface area contributed by atoms with E-state index in [1.54, 1.807) is 24.3 Å². The lowest BCUT2D eigenvalue weighted by Crippen LogP contribution is -2.06. The van der Waals surface area contributed by atoms with Crippen molar-refractivity contribution < 1.29 is 18.4 Å². The van der Waals surface area contributed by atoms with Crippen molar-refractivity contribution in [3.63, 3.8) is 0 Å². The molecule has 0 unspecified atom stereocenters. The Morgan fingerprint density at radius 3 is 2.29 bits per heavy atom. The maximum absolute atomic E-state index is 14.0. The van der Waals surface area contributed by atoms with Crippen LogP contribution < -0.4 is 10.6 Å². The minimum atomic E-state index is -0.740. The first-order valence-electron chi connectivity index (χ1n) is 10.8. The van der Waals surface area contributed by atoms with Crippen LogP contribution in [0.2, 0.25) is 5.02 Å². The second kappa shape index (κ2) is 10.1. The molecular weight excluding hydrogens is 470 g/mol. The van der Waals surface area contributed by atoms with Gasteiger partial charge in [0.25, 0.3) is 0 Å². The first-order valence-corrected chi connectivity index (χ1v) is 11.1. The average Bonchev–Trinajstić information content (AvgIpc) is 2.81. The predicted molar refractivity (Wildman–Crippen MR) is 135 cm³/mol. The van der Waals surface area contributed by atoms with E-state index >= 15 is 0 Å². The fourth-order valence-electron chi connectivity index (χ4n) is 3.69. The van der Waals surface area contributed by atoms with E-state index in [0.717, 1.165) is 28.8 Å². The molecule has 0 atom stereocenters. The Hall–Kier alpha value is -4.03. The molecule has 0 heterocycles. The van der Waals surface area contributed by atoms with Gasteiger partial charge < -0.3 is 10.6 Å². The number of rotatable bonds is 6. The summed E-state index contributed by atoms with van der Waals surface area (Å²) in [5.41, 5.74) is 4.42. The number of ketones is 1. The summed E-state index contributed by atoms with van der Waals surface area (Å²) in [5, 5.41) is 5.79. The number of hydrogen-bond donors (Lipinski definition) is 2. The maximum atomic E-state index is 14.0. The molecule has 0 aliphatic heterocycles. The number of nitrogens with one attached hydrogen (secondary N) is 2. The smallest absolute Gasteiger partial charge is 0.221 e. The van der Waals surface area contributed by atoms with Crippen molar-refractivity contribution >= 4 is 40.4 Å². The van der Waals surface area contributed by atoms with Gasteiger partial charge in [-0.1, -0.05) is 35.9 Å². The fourth-order valence-corrected chi connectivity index (χ4v) is 3.96. The highest BCUT2D eigenvalue weighted by Crippen LogP contribution is 2.30. The summed E-state index contributed by atoms with van der Waals surface area (Å²) in [6.07, 6.45) is 0. The van der Waals surface area contributed by atoms with Crippen LogP contribution in [0.25, 0.3) is 11.1 Å². The molecule has 0 aromatic heterocycles. The Labute approximate surface area is 206 Å². The van der Waals surface area contributed by atoms with Crippen LogP contribution in [0.15, 0.2) is 78.9 Å². The number of anilines is 3. The van der Waals surface area contributed by atoms with E-state index in [1.807, 2.05) is 37.3 Å².